The molecular weight excluding hydrogens is 600 g/mol. The second-order valence-electron chi connectivity index (χ2n) is 11.2. The zero-order chi connectivity index (χ0) is 31.5. The summed E-state index contributed by atoms with van der Waals surface area (Å²) in [5, 5.41) is 6.88. The normalized spacial score (nSPS) is 17.3. The Morgan fingerprint density at radius 2 is 1.77 bits per heavy atom. The minimum absolute atomic E-state index is 0.0350. The first-order valence-corrected chi connectivity index (χ1v) is 16.4. The van der Waals surface area contributed by atoms with E-state index in [9.17, 15) is 26.0 Å². The summed E-state index contributed by atoms with van der Waals surface area (Å²) in [6, 6.07) is 8.90. The van der Waals surface area contributed by atoms with E-state index in [2.05, 4.69) is 27.4 Å². The highest BCUT2D eigenvalue weighted by Gasteiger charge is 2.31. The van der Waals surface area contributed by atoms with Crippen LogP contribution >= 0.6 is 0 Å². The van der Waals surface area contributed by atoms with Gasteiger partial charge in [0, 0.05) is 61.8 Å². The van der Waals surface area contributed by atoms with Gasteiger partial charge in [0.15, 0.2) is 9.84 Å². The molecule has 2 aromatic carbocycles. The maximum atomic E-state index is 14.8. The monoisotopic (exact) mass is 636 g/mol. The first kappa shape index (κ1) is 31.9. The van der Waals surface area contributed by atoms with Gasteiger partial charge in [-0.2, -0.15) is 13.2 Å². The van der Waals surface area contributed by atoms with Gasteiger partial charge in [-0.15, -0.1) is 0 Å². The molecule has 0 spiro atoms. The Labute approximate surface area is 254 Å². The molecule has 2 aliphatic heterocycles. The summed E-state index contributed by atoms with van der Waals surface area (Å²) >= 11 is 0. The van der Waals surface area contributed by atoms with Crippen LogP contribution in [0.1, 0.15) is 31.4 Å². The summed E-state index contributed by atoms with van der Waals surface area (Å²) in [5.41, 5.74) is 1.13. The van der Waals surface area contributed by atoms with Crippen LogP contribution in [0.4, 0.5) is 28.9 Å². The smallest absolute Gasteiger partial charge is 0.406 e. The number of halogens is 4. The number of benzene rings is 2. The maximum Gasteiger partial charge on any atom is 0.406 e. The van der Waals surface area contributed by atoms with Gasteiger partial charge in [-0.05, 0) is 61.9 Å². The molecule has 3 aromatic rings. The van der Waals surface area contributed by atoms with Crippen molar-refractivity contribution >= 4 is 32.1 Å². The molecule has 0 atom stereocenters. The number of hydrogen-bond acceptors (Lipinski definition) is 7. The molecule has 1 aromatic heterocycles. The third kappa shape index (κ3) is 7.78. The zero-order valence-electron chi connectivity index (χ0n) is 24.6. The van der Waals surface area contributed by atoms with Crippen molar-refractivity contribution in [3.8, 4) is 17.6 Å². The number of alkyl halides is 3. The molecule has 44 heavy (non-hydrogen) atoms. The first-order chi connectivity index (χ1) is 20.9. The second-order valence-corrected chi connectivity index (χ2v) is 13.2. The lowest BCUT2D eigenvalue weighted by molar-refractivity contribution is -0.140. The van der Waals surface area contributed by atoms with E-state index in [1.807, 2.05) is 0 Å². The lowest BCUT2D eigenvalue weighted by Crippen LogP contribution is -2.46. The number of sulfone groups is 1. The predicted molar refractivity (Wildman–Crippen MR) is 161 cm³/mol. The number of anilines is 2. The number of fused-ring (bicyclic) bond motifs is 1. The Bertz CT molecular complexity index is 1650. The quantitative estimate of drug-likeness (QED) is 0.257. The molecule has 2 saturated heterocycles. The molecule has 0 radical (unpaired) electrons. The number of piperidine rings is 1. The van der Waals surface area contributed by atoms with Gasteiger partial charge in [-0.3, -0.25) is 0 Å². The molecule has 2 N–H and O–H groups in total. The number of aromatic nitrogens is 1. The van der Waals surface area contributed by atoms with E-state index >= 15 is 0 Å². The summed E-state index contributed by atoms with van der Waals surface area (Å²) < 4.78 is 91.2. The van der Waals surface area contributed by atoms with Gasteiger partial charge in [0.05, 0.1) is 35.4 Å². The highest BCUT2D eigenvalue weighted by molar-refractivity contribution is 7.90. The van der Waals surface area contributed by atoms with Crippen LogP contribution in [0.5, 0.6) is 5.75 Å². The van der Waals surface area contributed by atoms with Gasteiger partial charge >= 0.3 is 6.18 Å². The fourth-order valence-electron chi connectivity index (χ4n) is 5.90. The molecule has 238 valence electrons. The van der Waals surface area contributed by atoms with E-state index in [1.54, 1.807) is 6.07 Å². The lowest BCUT2D eigenvalue weighted by atomic mass is 9.99. The van der Waals surface area contributed by atoms with E-state index in [0.717, 1.165) is 68.9 Å². The molecule has 13 heteroatoms. The van der Waals surface area contributed by atoms with E-state index < -0.39 is 28.4 Å². The molecule has 8 nitrogen and oxygen atoms in total. The molecular formula is C31H36F4N4O4S. The van der Waals surface area contributed by atoms with Crippen molar-refractivity contribution in [1.82, 2.24) is 9.47 Å². The molecule has 2 aliphatic rings. The highest BCUT2D eigenvalue weighted by Crippen LogP contribution is 2.33. The number of nitrogens with one attached hydrogen (secondary N) is 2. The number of nitrogens with zero attached hydrogens (tertiary/aromatic N) is 2. The third-order valence-electron chi connectivity index (χ3n) is 8.10. The van der Waals surface area contributed by atoms with Crippen LogP contribution in [0.15, 0.2) is 41.3 Å². The van der Waals surface area contributed by atoms with Crippen LogP contribution in [0.3, 0.4) is 0 Å². The Morgan fingerprint density at radius 3 is 2.43 bits per heavy atom. The molecule has 5 rings (SSSR count). The molecule has 2 fully saturated rings. The summed E-state index contributed by atoms with van der Waals surface area (Å²) in [6.45, 7) is 2.04. The number of rotatable bonds is 8. The van der Waals surface area contributed by atoms with Gasteiger partial charge in [-0.1, -0.05) is 5.92 Å². The maximum absolute atomic E-state index is 14.8. The van der Waals surface area contributed by atoms with Crippen molar-refractivity contribution in [2.45, 2.75) is 55.4 Å². The third-order valence-corrected chi connectivity index (χ3v) is 9.21. The number of methoxy groups -OCH3 is 1. The molecule has 0 bridgehead atoms. The Balaban J connectivity index is 1.36. The van der Waals surface area contributed by atoms with Crippen LogP contribution < -0.4 is 15.4 Å². The SMILES string of the molecule is COc1cc(S(C)(=O)=O)ccc1NCC#Cc1cc2c(NC3CCN(C4CCOCC4)CC3)cc(F)cc2n1CC(F)(F)F. The number of hydrogen-bond donors (Lipinski definition) is 2. The van der Waals surface area contributed by atoms with E-state index in [1.165, 1.54) is 31.4 Å². The second kappa shape index (κ2) is 13.3. The first-order valence-electron chi connectivity index (χ1n) is 14.5. The van der Waals surface area contributed by atoms with E-state index in [4.69, 9.17) is 9.47 Å². The van der Waals surface area contributed by atoms with Crippen molar-refractivity contribution in [1.29, 1.82) is 0 Å². The standard InChI is InChI=1S/C31H36F4N4O4S/c1-42-30-19-25(44(2,40)41)5-6-27(30)36-11-3-4-24-18-26-28(16-21(32)17-29(26)39(24)20-31(33,34)35)37-22-7-12-38(13-8-22)23-9-14-43-15-10-23/h5-6,16-19,22-23,36-37H,7-15,20H2,1-2H3. The summed E-state index contributed by atoms with van der Waals surface area (Å²) in [4.78, 5) is 2.56. The van der Waals surface area contributed by atoms with Crippen molar-refractivity contribution in [2.75, 3.05) is 56.8 Å². The number of ether oxygens (including phenoxy) is 2. The Kier molecular flexibility index (Phi) is 9.62. The summed E-state index contributed by atoms with van der Waals surface area (Å²) in [6.07, 6.45) is 0.239. The average molecular weight is 637 g/mol. The van der Waals surface area contributed by atoms with Gasteiger partial charge in [0.2, 0.25) is 0 Å². The molecule has 0 amide bonds. The minimum atomic E-state index is -4.55. The molecule has 3 heterocycles. The summed E-state index contributed by atoms with van der Waals surface area (Å²) in [7, 11) is -2.04. The van der Waals surface area contributed by atoms with Gasteiger partial charge in [0.1, 0.15) is 18.1 Å². The molecule has 0 saturated carbocycles. The van der Waals surface area contributed by atoms with Gasteiger partial charge < -0.3 is 29.6 Å². The Hall–Kier alpha value is -3.47. The van der Waals surface area contributed by atoms with Crippen molar-refractivity contribution in [3.05, 3.63) is 47.9 Å². The number of likely N-dealkylation sites (tertiary alicyclic amines) is 1. The average Bonchev–Trinajstić information content (AvgIpc) is 3.31. The molecule has 0 aliphatic carbocycles. The summed E-state index contributed by atoms with van der Waals surface area (Å²) in [5.74, 6) is 5.29. The fraction of sp³-hybridized carbons (Fsp3) is 0.484. The van der Waals surface area contributed by atoms with Crippen molar-refractivity contribution < 1.29 is 35.5 Å². The highest BCUT2D eigenvalue weighted by atomic mass is 32.2. The van der Waals surface area contributed by atoms with Crippen molar-refractivity contribution in [2.24, 2.45) is 0 Å². The van der Waals surface area contributed by atoms with Crippen LogP contribution in [-0.4, -0.2) is 82.4 Å². The van der Waals surface area contributed by atoms with Crippen LogP contribution in [0, 0.1) is 17.7 Å². The van der Waals surface area contributed by atoms with Crippen LogP contribution in [0.2, 0.25) is 0 Å². The fourth-order valence-corrected chi connectivity index (χ4v) is 6.53. The molecule has 0 unspecified atom stereocenters. The van der Waals surface area contributed by atoms with Gasteiger partial charge in [0.25, 0.3) is 0 Å². The van der Waals surface area contributed by atoms with E-state index in [-0.39, 0.29) is 34.4 Å². The predicted octanol–water partition coefficient (Wildman–Crippen LogP) is 5.27. The lowest BCUT2D eigenvalue weighted by Gasteiger charge is -2.39. The van der Waals surface area contributed by atoms with Crippen LogP contribution in [-0.2, 0) is 21.1 Å². The zero-order valence-corrected chi connectivity index (χ0v) is 25.5. The minimum Gasteiger partial charge on any atom is -0.495 e. The van der Waals surface area contributed by atoms with Crippen molar-refractivity contribution in [3.63, 3.8) is 0 Å². The van der Waals surface area contributed by atoms with E-state index in [0.29, 0.717) is 22.8 Å². The van der Waals surface area contributed by atoms with Gasteiger partial charge in [-0.25, -0.2) is 12.8 Å². The van der Waals surface area contributed by atoms with Crippen LogP contribution in [0.25, 0.3) is 10.9 Å². The topological polar surface area (TPSA) is 84.8 Å². The Morgan fingerprint density at radius 1 is 1.05 bits per heavy atom. The largest absolute Gasteiger partial charge is 0.495 e.